The van der Waals surface area contributed by atoms with Gasteiger partial charge in [-0.05, 0) is 61.5 Å². The van der Waals surface area contributed by atoms with Gasteiger partial charge in [0.1, 0.15) is 0 Å². The molecule has 4 heteroatoms. The summed E-state index contributed by atoms with van der Waals surface area (Å²) >= 11 is 3.59. The Labute approximate surface area is 209 Å². The van der Waals surface area contributed by atoms with E-state index in [2.05, 4.69) is 142 Å². The second kappa shape index (κ2) is 8.86. The van der Waals surface area contributed by atoms with Gasteiger partial charge in [-0.25, -0.2) is 0 Å². The number of rotatable bonds is 4. The third kappa shape index (κ3) is 3.82. The van der Waals surface area contributed by atoms with Crippen LogP contribution >= 0.6 is 36.4 Å². The Bertz CT molecular complexity index is 1410. The Morgan fingerprint density at radius 2 is 1.15 bits per heavy atom. The molecule has 0 spiro atoms. The Morgan fingerprint density at radius 3 is 1.76 bits per heavy atom. The van der Waals surface area contributed by atoms with Gasteiger partial charge in [0.25, 0.3) is 0 Å². The molecule has 0 saturated carbocycles. The summed E-state index contributed by atoms with van der Waals surface area (Å²) in [5.74, 6) is 0. The zero-order chi connectivity index (χ0) is 22.2. The summed E-state index contributed by atoms with van der Waals surface area (Å²) in [7, 11) is 1.81. The molecule has 4 aromatic rings. The molecule has 0 aliphatic carbocycles. The molecule has 160 valence electrons. The van der Waals surface area contributed by atoms with Gasteiger partial charge in [0.15, 0.2) is 0 Å². The summed E-state index contributed by atoms with van der Waals surface area (Å²) in [4.78, 5) is 2.77. The Hall–Kier alpha value is -2.79. The summed E-state index contributed by atoms with van der Waals surface area (Å²) in [6.45, 7) is 0. The molecule has 1 nitrogen and oxygen atoms in total. The van der Waals surface area contributed by atoms with Crippen LogP contribution in [-0.2, 0) is 0 Å². The molecule has 0 bridgehead atoms. The fourth-order valence-electron chi connectivity index (χ4n) is 4.17. The van der Waals surface area contributed by atoms with Gasteiger partial charge in [-0.3, -0.25) is 4.31 Å². The second-order valence-corrected chi connectivity index (χ2v) is 12.0. The summed E-state index contributed by atoms with van der Waals surface area (Å²) in [5.41, 5.74) is 7.67. The molecule has 4 aromatic carbocycles. The summed E-state index contributed by atoms with van der Waals surface area (Å²) < 4.78 is 3.55. The van der Waals surface area contributed by atoms with Crippen molar-refractivity contribution in [2.75, 3.05) is 4.31 Å². The van der Waals surface area contributed by atoms with Crippen molar-refractivity contribution in [3.05, 3.63) is 143 Å². The van der Waals surface area contributed by atoms with Gasteiger partial charge in [-0.15, -0.1) is 0 Å². The fourth-order valence-corrected chi connectivity index (χ4v) is 9.23. The quantitative estimate of drug-likeness (QED) is 0.193. The van der Waals surface area contributed by atoms with E-state index in [0.29, 0.717) is 0 Å². The lowest BCUT2D eigenvalue weighted by molar-refractivity contribution is 1.45. The highest BCUT2D eigenvalue weighted by molar-refractivity contribution is 9.10. The topological polar surface area (TPSA) is 3.24 Å². The van der Waals surface area contributed by atoms with Crippen LogP contribution in [0.25, 0.3) is 16.1 Å². The maximum Gasteiger partial charge on any atom is 0.0522 e. The SMILES string of the molecule is Brc1ccc(N2C=C(c3ccccc3)C3=S2SC(c2ccccc2)=C3c2ccccc2)cc1. The van der Waals surface area contributed by atoms with Crippen molar-refractivity contribution in [2.45, 2.75) is 0 Å². The highest BCUT2D eigenvalue weighted by Gasteiger charge is 2.36. The van der Waals surface area contributed by atoms with Crippen LogP contribution < -0.4 is 4.31 Å². The maximum atomic E-state index is 3.59. The highest BCUT2D eigenvalue weighted by atomic mass is 79.9. The van der Waals surface area contributed by atoms with Crippen LogP contribution in [0.1, 0.15) is 16.7 Å². The van der Waals surface area contributed by atoms with Gasteiger partial charge in [0.2, 0.25) is 0 Å². The summed E-state index contributed by atoms with van der Waals surface area (Å²) in [6.07, 6.45) is 2.34. The number of hydrogen-bond donors (Lipinski definition) is 0. The molecule has 0 N–H and O–H groups in total. The van der Waals surface area contributed by atoms with Gasteiger partial charge >= 0.3 is 0 Å². The predicted octanol–water partition coefficient (Wildman–Crippen LogP) is 8.90. The van der Waals surface area contributed by atoms with E-state index in [1.165, 1.54) is 43.3 Å². The Morgan fingerprint density at radius 1 is 0.606 bits per heavy atom. The minimum Gasteiger partial charge on any atom is -0.288 e. The first-order valence-electron chi connectivity index (χ1n) is 10.8. The van der Waals surface area contributed by atoms with E-state index in [1.54, 1.807) is 0 Å². The summed E-state index contributed by atoms with van der Waals surface area (Å²) in [6, 6.07) is 41.1. The zero-order valence-corrected chi connectivity index (χ0v) is 20.9. The molecule has 6 rings (SSSR count). The Kier molecular flexibility index (Phi) is 5.58. The minimum atomic E-state index is -0.170. The zero-order valence-electron chi connectivity index (χ0n) is 17.7. The maximum absolute atomic E-state index is 3.59. The van der Waals surface area contributed by atoms with Gasteiger partial charge in [0.05, 0.1) is 5.69 Å². The molecule has 1 unspecified atom stereocenters. The smallest absolute Gasteiger partial charge is 0.0522 e. The monoisotopic (exact) mass is 525 g/mol. The lowest BCUT2D eigenvalue weighted by atomic mass is 9.92. The van der Waals surface area contributed by atoms with Crippen LogP contribution in [0.3, 0.4) is 0 Å². The van der Waals surface area contributed by atoms with E-state index in [4.69, 9.17) is 0 Å². The van der Waals surface area contributed by atoms with Crippen LogP contribution in [0.4, 0.5) is 5.69 Å². The molecule has 2 aliphatic heterocycles. The third-order valence-corrected chi connectivity index (χ3v) is 10.4. The summed E-state index contributed by atoms with van der Waals surface area (Å²) in [5, 5.41) is 0. The number of benzene rings is 4. The predicted molar refractivity (Wildman–Crippen MR) is 151 cm³/mol. The van der Waals surface area contributed by atoms with Crippen LogP contribution in [0.5, 0.6) is 0 Å². The van der Waals surface area contributed by atoms with E-state index in [1.807, 2.05) is 10.8 Å². The number of halogens is 1. The van der Waals surface area contributed by atoms with Crippen LogP contribution in [0.15, 0.2) is 126 Å². The first kappa shape index (κ1) is 20.8. The van der Waals surface area contributed by atoms with E-state index in [-0.39, 0.29) is 9.70 Å². The van der Waals surface area contributed by atoms with Crippen LogP contribution in [-0.4, -0.2) is 4.86 Å². The molecule has 0 saturated heterocycles. The molecular weight excluding hydrogens is 506 g/mol. The lowest BCUT2D eigenvalue weighted by Gasteiger charge is -2.20. The second-order valence-electron chi connectivity index (χ2n) is 7.81. The minimum absolute atomic E-state index is 0.170. The van der Waals surface area contributed by atoms with Crippen molar-refractivity contribution < 1.29 is 0 Å². The van der Waals surface area contributed by atoms with Crippen molar-refractivity contribution in [3.63, 3.8) is 0 Å². The lowest BCUT2D eigenvalue weighted by Crippen LogP contribution is -2.03. The van der Waals surface area contributed by atoms with Crippen molar-refractivity contribution in [3.8, 4) is 0 Å². The normalized spacial score (nSPS) is 17.4. The van der Waals surface area contributed by atoms with E-state index >= 15 is 0 Å². The van der Waals surface area contributed by atoms with Gasteiger partial charge in [-0.1, -0.05) is 107 Å². The Balaban J connectivity index is 1.59. The molecule has 33 heavy (non-hydrogen) atoms. The number of allylic oxidation sites excluding steroid dienone is 2. The van der Waals surface area contributed by atoms with Crippen molar-refractivity contribution in [1.29, 1.82) is 0 Å². The van der Waals surface area contributed by atoms with Gasteiger partial charge in [0, 0.05) is 31.6 Å². The molecule has 0 amide bonds. The highest BCUT2D eigenvalue weighted by Crippen LogP contribution is 2.62. The molecule has 1 atom stereocenters. The largest absolute Gasteiger partial charge is 0.288 e. The standard InChI is InChI=1S/C29H20BrNS2/c30-24-16-18-25(19-17-24)31-20-26(21-10-4-1-5-11-21)29-27(22-12-6-2-7-13-22)28(32-33(29)31)23-14-8-3-9-15-23/h1-20H. The van der Waals surface area contributed by atoms with Crippen LogP contribution in [0.2, 0.25) is 0 Å². The van der Waals surface area contributed by atoms with E-state index in [0.717, 1.165) is 4.47 Å². The first-order chi connectivity index (χ1) is 16.3. The molecule has 2 aliphatic rings. The van der Waals surface area contributed by atoms with E-state index in [9.17, 15) is 0 Å². The molecule has 0 fully saturated rings. The number of anilines is 1. The molecule has 2 heterocycles. The van der Waals surface area contributed by atoms with Crippen molar-refractivity contribution in [2.24, 2.45) is 0 Å². The molecule has 0 aromatic heterocycles. The molecule has 0 radical (unpaired) electrons. The average Bonchev–Trinajstić information content (AvgIpc) is 3.44. The van der Waals surface area contributed by atoms with E-state index < -0.39 is 0 Å². The molecular formula is C29H20BrNS2. The fraction of sp³-hybridized carbons (Fsp3) is 0. The average molecular weight is 527 g/mol. The van der Waals surface area contributed by atoms with Crippen molar-refractivity contribution in [1.82, 2.24) is 0 Å². The van der Waals surface area contributed by atoms with Gasteiger partial charge < -0.3 is 0 Å². The third-order valence-electron chi connectivity index (χ3n) is 5.72. The van der Waals surface area contributed by atoms with Crippen molar-refractivity contribution >= 4 is 63.0 Å². The number of hydrogen-bond acceptors (Lipinski definition) is 2. The number of nitrogens with zero attached hydrogens (tertiary/aromatic N) is 1. The van der Waals surface area contributed by atoms with Gasteiger partial charge in [-0.2, -0.15) is 0 Å². The van der Waals surface area contributed by atoms with Crippen LogP contribution in [0, 0.1) is 0 Å². The first-order valence-corrected chi connectivity index (χ1v) is 14.1.